The smallest absolute Gasteiger partial charge is 0.352 e. The summed E-state index contributed by atoms with van der Waals surface area (Å²) in [4.78, 5) is 8.91. The molecule has 1 aromatic carbocycles. The lowest BCUT2D eigenvalue weighted by molar-refractivity contribution is -0.137. The van der Waals surface area contributed by atoms with E-state index in [4.69, 9.17) is 12.2 Å². The van der Waals surface area contributed by atoms with Crippen LogP contribution in [0.4, 0.5) is 13.2 Å². The molecule has 4 rings (SSSR count). The number of hydrogen-bond donors (Lipinski definition) is 1. The van der Waals surface area contributed by atoms with Crippen molar-refractivity contribution in [1.82, 2.24) is 24.7 Å². The van der Waals surface area contributed by atoms with Crippen LogP contribution in [0, 0.1) is 13.8 Å². The molecule has 0 unspecified atom stereocenters. The molecule has 3 aromatic rings. The number of hydrogen-bond acceptors (Lipinski definition) is 3. The average molecular weight is 502 g/mol. The molecule has 1 aliphatic rings. The van der Waals surface area contributed by atoms with Gasteiger partial charge in [-0.1, -0.05) is 12.1 Å². The number of halogens is 3. The van der Waals surface area contributed by atoms with Crippen LogP contribution in [0.3, 0.4) is 0 Å². The predicted octanol–water partition coefficient (Wildman–Crippen LogP) is 5.43. The van der Waals surface area contributed by atoms with E-state index in [1.165, 1.54) is 12.1 Å². The molecular weight excluding hydrogens is 471 g/mol. The molecule has 1 saturated heterocycles. The zero-order chi connectivity index (χ0) is 25.3. The summed E-state index contributed by atoms with van der Waals surface area (Å²) in [6.45, 7) is 5.55. The third-order valence-corrected chi connectivity index (χ3v) is 6.78. The molecule has 5 nitrogen and oxygen atoms in total. The number of aryl methyl sites for hydroxylation is 1. The summed E-state index contributed by atoms with van der Waals surface area (Å²) in [6.07, 6.45) is -1.72. The van der Waals surface area contributed by atoms with E-state index in [9.17, 15) is 13.2 Å². The van der Waals surface area contributed by atoms with Gasteiger partial charge in [-0.05, 0) is 95.1 Å². The van der Waals surface area contributed by atoms with Gasteiger partial charge in [0.25, 0.3) is 0 Å². The zero-order valence-corrected chi connectivity index (χ0v) is 21.1. The van der Waals surface area contributed by atoms with E-state index in [-0.39, 0.29) is 12.1 Å². The Morgan fingerprint density at radius 1 is 1.09 bits per heavy atom. The van der Waals surface area contributed by atoms with Crippen molar-refractivity contribution in [2.75, 3.05) is 27.2 Å². The monoisotopic (exact) mass is 501 g/mol. The molecule has 0 spiro atoms. The van der Waals surface area contributed by atoms with E-state index in [1.54, 1.807) is 12.3 Å². The van der Waals surface area contributed by atoms with Gasteiger partial charge in [0.2, 0.25) is 0 Å². The molecule has 1 fully saturated rings. The molecule has 35 heavy (non-hydrogen) atoms. The molecule has 0 aliphatic carbocycles. The lowest BCUT2D eigenvalue weighted by atomic mass is 9.96. The van der Waals surface area contributed by atoms with E-state index in [0.717, 1.165) is 48.2 Å². The summed E-state index contributed by atoms with van der Waals surface area (Å²) in [5.74, 6) is 0. The van der Waals surface area contributed by atoms with E-state index >= 15 is 0 Å². The Bertz CT molecular complexity index is 1190. The molecule has 0 bridgehead atoms. The maximum absolute atomic E-state index is 13.4. The third kappa shape index (κ3) is 5.21. The molecule has 2 aromatic heterocycles. The quantitative estimate of drug-likeness (QED) is 0.437. The Kier molecular flexibility index (Phi) is 7.19. The van der Waals surface area contributed by atoms with E-state index < -0.39 is 11.7 Å². The summed E-state index contributed by atoms with van der Waals surface area (Å²) in [5.41, 5.74) is 3.47. The Hall–Kier alpha value is -2.91. The first kappa shape index (κ1) is 25.2. The van der Waals surface area contributed by atoms with E-state index in [2.05, 4.69) is 26.2 Å². The highest BCUT2D eigenvalue weighted by Crippen LogP contribution is 2.41. The summed E-state index contributed by atoms with van der Waals surface area (Å²) < 4.78 is 42.1. The van der Waals surface area contributed by atoms with Crippen LogP contribution < -0.4 is 5.32 Å². The molecule has 0 saturated carbocycles. The molecule has 0 amide bonds. The van der Waals surface area contributed by atoms with Gasteiger partial charge in [0.05, 0.1) is 23.3 Å². The number of benzene rings is 1. The van der Waals surface area contributed by atoms with Crippen LogP contribution in [0.5, 0.6) is 0 Å². The summed E-state index contributed by atoms with van der Waals surface area (Å²) >= 11 is 5.75. The van der Waals surface area contributed by atoms with E-state index in [1.807, 2.05) is 50.7 Å². The maximum atomic E-state index is 13.4. The highest BCUT2D eigenvalue weighted by molar-refractivity contribution is 7.80. The molecule has 1 N–H and O–H groups in total. The number of nitrogens with zero attached hydrogens (tertiary/aromatic N) is 4. The minimum atomic E-state index is -4.40. The molecule has 1 aliphatic heterocycles. The lowest BCUT2D eigenvalue weighted by Crippen LogP contribution is -2.32. The van der Waals surface area contributed by atoms with Gasteiger partial charge in [-0.15, -0.1) is 0 Å². The van der Waals surface area contributed by atoms with Gasteiger partial charge < -0.3 is 19.7 Å². The van der Waals surface area contributed by atoms with Crippen LogP contribution in [0.1, 0.15) is 46.7 Å². The van der Waals surface area contributed by atoms with Gasteiger partial charge in [0.15, 0.2) is 5.11 Å². The summed E-state index contributed by atoms with van der Waals surface area (Å²) in [5, 5.41) is 4.12. The molecule has 9 heteroatoms. The molecule has 2 atom stereocenters. The first-order valence-corrected chi connectivity index (χ1v) is 12.0. The first-order valence-electron chi connectivity index (χ1n) is 11.6. The fourth-order valence-corrected chi connectivity index (χ4v) is 5.18. The standard InChI is InChI=1S/C26H30F3N5S/c1-17-15-21(18(2)34(17)20-10-7-9-19(16-20)26(27,28)29)24-23(22-11-5-6-12-30-22)31-25(35)33(24)14-8-13-32(3)4/h5-7,9-12,15-16,23-24H,8,13-14H2,1-4H3,(H,31,35)/t23-,24+/m0/s1. The number of rotatable bonds is 7. The van der Waals surface area contributed by atoms with Gasteiger partial charge in [0.1, 0.15) is 0 Å². The fourth-order valence-electron chi connectivity index (χ4n) is 4.85. The molecule has 186 valence electrons. The predicted molar refractivity (Wildman–Crippen MR) is 136 cm³/mol. The van der Waals surface area contributed by atoms with Crippen molar-refractivity contribution in [2.24, 2.45) is 0 Å². The maximum Gasteiger partial charge on any atom is 0.416 e. The Balaban J connectivity index is 1.78. The number of alkyl halides is 3. The number of aromatic nitrogens is 2. The van der Waals surface area contributed by atoms with Crippen molar-refractivity contribution in [3.05, 3.63) is 82.9 Å². The Morgan fingerprint density at radius 3 is 2.51 bits per heavy atom. The van der Waals surface area contributed by atoms with Crippen molar-refractivity contribution < 1.29 is 13.2 Å². The second kappa shape index (κ2) is 9.99. The number of nitrogens with one attached hydrogen (secondary N) is 1. The summed E-state index contributed by atoms with van der Waals surface area (Å²) in [6, 6.07) is 13.0. The van der Waals surface area contributed by atoms with Gasteiger partial charge in [-0.3, -0.25) is 4.98 Å². The fraction of sp³-hybridized carbons (Fsp3) is 0.385. The highest BCUT2D eigenvalue weighted by Gasteiger charge is 2.41. The number of pyridine rings is 1. The zero-order valence-electron chi connectivity index (χ0n) is 20.3. The van der Waals surface area contributed by atoms with Crippen molar-refractivity contribution in [3.63, 3.8) is 0 Å². The van der Waals surface area contributed by atoms with Crippen molar-refractivity contribution in [2.45, 2.75) is 38.5 Å². The normalized spacial score (nSPS) is 18.4. The minimum Gasteiger partial charge on any atom is -0.352 e. The Labute approximate surface area is 209 Å². The average Bonchev–Trinajstić information content (AvgIpc) is 3.28. The Morgan fingerprint density at radius 2 is 1.86 bits per heavy atom. The lowest BCUT2D eigenvalue weighted by Gasteiger charge is -2.28. The van der Waals surface area contributed by atoms with Crippen LogP contribution in [-0.4, -0.2) is 51.6 Å². The van der Waals surface area contributed by atoms with Crippen molar-refractivity contribution >= 4 is 17.3 Å². The second-order valence-corrected chi connectivity index (χ2v) is 9.57. The van der Waals surface area contributed by atoms with Crippen molar-refractivity contribution in [3.8, 4) is 5.69 Å². The minimum absolute atomic E-state index is 0.134. The topological polar surface area (TPSA) is 36.3 Å². The van der Waals surface area contributed by atoms with Gasteiger partial charge >= 0.3 is 6.18 Å². The second-order valence-electron chi connectivity index (χ2n) is 9.19. The molecule has 0 radical (unpaired) electrons. The summed E-state index contributed by atoms with van der Waals surface area (Å²) in [7, 11) is 4.08. The van der Waals surface area contributed by atoms with E-state index in [0.29, 0.717) is 10.8 Å². The van der Waals surface area contributed by atoms with Gasteiger partial charge in [-0.2, -0.15) is 13.2 Å². The first-order chi connectivity index (χ1) is 16.6. The number of thiocarbonyl (C=S) groups is 1. The van der Waals surface area contributed by atoms with Crippen LogP contribution >= 0.6 is 12.2 Å². The van der Waals surface area contributed by atoms with Crippen LogP contribution in [-0.2, 0) is 6.18 Å². The van der Waals surface area contributed by atoms with Crippen LogP contribution in [0.15, 0.2) is 54.7 Å². The molecule has 3 heterocycles. The van der Waals surface area contributed by atoms with Gasteiger partial charge in [0, 0.05) is 29.8 Å². The van der Waals surface area contributed by atoms with Crippen LogP contribution in [0.2, 0.25) is 0 Å². The largest absolute Gasteiger partial charge is 0.416 e. The van der Waals surface area contributed by atoms with Crippen LogP contribution in [0.25, 0.3) is 5.69 Å². The van der Waals surface area contributed by atoms with Gasteiger partial charge in [-0.25, -0.2) is 0 Å². The van der Waals surface area contributed by atoms with Crippen molar-refractivity contribution in [1.29, 1.82) is 0 Å². The third-order valence-electron chi connectivity index (χ3n) is 6.42. The highest BCUT2D eigenvalue weighted by atomic mass is 32.1. The SMILES string of the molecule is Cc1cc([C@@H]2[C@H](c3ccccn3)NC(=S)N2CCCN(C)C)c(C)n1-c1cccc(C(F)(F)F)c1. The molecular formula is C26H30F3N5S.